The molecule has 31 heavy (non-hydrogen) atoms. The topological polar surface area (TPSA) is 67.6 Å². The number of amides is 1. The molecule has 1 amide bonds. The number of β-amino-alcohol motifs (C(OH)–C–C–N with tert-alkyl or cyclic N) is 1. The van der Waals surface area contributed by atoms with E-state index in [9.17, 15) is 23.1 Å². The fraction of sp³-hybridized carbons (Fsp3) is 0.364. The van der Waals surface area contributed by atoms with Gasteiger partial charge in [-0.2, -0.15) is 18.3 Å². The maximum absolute atomic E-state index is 12.8. The smallest absolute Gasteiger partial charge is 0.416 e. The summed E-state index contributed by atoms with van der Waals surface area (Å²) in [4.78, 5) is 14.3. The van der Waals surface area contributed by atoms with Crippen LogP contribution in [-0.2, 0) is 18.0 Å². The number of alkyl halides is 3. The van der Waals surface area contributed by atoms with Crippen LogP contribution in [0.4, 0.5) is 13.2 Å². The lowest BCUT2D eigenvalue weighted by molar-refractivity contribution is -0.142. The number of halogens is 3. The van der Waals surface area contributed by atoms with Crippen molar-refractivity contribution in [3.8, 4) is 11.5 Å². The molecule has 1 aliphatic heterocycles. The molecule has 1 saturated carbocycles. The quantitative estimate of drug-likeness (QED) is 0.684. The monoisotopic (exact) mass is 431 g/mol. The second-order valence-corrected chi connectivity index (χ2v) is 8.22. The normalized spacial score (nSPS) is 21.3. The van der Waals surface area contributed by atoms with Crippen molar-refractivity contribution in [2.75, 3.05) is 13.1 Å². The zero-order valence-corrected chi connectivity index (χ0v) is 16.6. The van der Waals surface area contributed by atoms with Crippen LogP contribution >= 0.6 is 0 Å². The Morgan fingerprint density at radius 2 is 1.87 bits per heavy atom. The van der Waals surface area contributed by atoms with Crippen LogP contribution in [0, 0.1) is 5.92 Å². The van der Waals surface area contributed by atoms with Crippen LogP contribution in [0.25, 0.3) is 10.9 Å². The highest BCUT2D eigenvalue weighted by molar-refractivity contribution is 5.88. The number of fused-ring (bicyclic) bond motifs is 1. The Morgan fingerprint density at radius 3 is 2.52 bits per heavy atom. The summed E-state index contributed by atoms with van der Waals surface area (Å²) < 4.78 is 45.9. The van der Waals surface area contributed by atoms with E-state index in [1.807, 2.05) is 12.3 Å². The summed E-state index contributed by atoms with van der Waals surface area (Å²) in [6, 6.07) is 8.14. The number of ether oxygens (including phenoxy) is 1. The second kappa shape index (κ2) is 6.98. The van der Waals surface area contributed by atoms with E-state index in [1.54, 1.807) is 22.7 Å². The molecule has 1 aromatic heterocycles. The fourth-order valence-electron chi connectivity index (χ4n) is 4.12. The number of aliphatic hydroxyl groups excluding tert-OH is 1. The van der Waals surface area contributed by atoms with E-state index in [0.29, 0.717) is 31.0 Å². The lowest BCUT2D eigenvalue weighted by atomic mass is 10.0. The van der Waals surface area contributed by atoms with Crippen molar-refractivity contribution < 1.29 is 27.8 Å². The van der Waals surface area contributed by atoms with E-state index in [1.165, 1.54) is 12.1 Å². The van der Waals surface area contributed by atoms with Gasteiger partial charge in [0.2, 0.25) is 5.91 Å². The molecular weight excluding hydrogens is 411 g/mol. The van der Waals surface area contributed by atoms with Crippen molar-refractivity contribution in [2.24, 2.45) is 13.0 Å². The molecule has 5 rings (SSSR count). The predicted molar refractivity (Wildman–Crippen MR) is 106 cm³/mol. The summed E-state index contributed by atoms with van der Waals surface area (Å²) in [5.74, 6) is 0.652. The van der Waals surface area contributed by atoms with Gasteiger partial charge in [-0.1, -0.05) is 0 Å². The average Bonchev–Trinajstić information content (AvgIpc) is 3.38. The molecule has 2 atom stereocenters. The van der Waals surface area contributed by atoms with E-state index in [-0.39, 0.29) is 17.7 Å². The van der Waals surface area contributed by atoms with Gasteiger partial charge in [-0.3, -0.25) is 9.48 Å². The van der Waals surface area contributed by atoms with Crippen LogP contribution in [0.15, 0.2) is 42.6 Å². The highest BCUT2D eigenvalue weighted by Gasteiger charge is 2.48. The summed E-state index contributed by atoms with van der Waals surface area (Å²) in [7, 11) is 1.80. The number of aromatic nitrogens is 2. The van der Waals surface area contributed by atoms with Crippen LogP contribution in [-0.4, -0.2) is 44.9 Å². The molecule has 0 unspecified atom stereocenters. The third-order valence-electron chi connectivity index (χ3n) is 5.82. The first kappa shape index (κ1) is 19.9. The van der Waals surface area contributed by atoms with Gasteiger partial charge in [0.05, 0.1) is 17.2 Å². The molecule has 162 valence electrons. The third kappa shape index (κ3) is 3.74. The van der Waals surface area contributed by atoms with Crippen molar-refractivity contribution >= 4 is 16.8 Å². The van der Waals surface area contributed by atoms with Gasteiger partial charge in [-0.05, 0) is 54.3 Å². The summed E-state index contributed by atoms with van der Waals surface area (Å²) in [6.45, 7) is 0.746. The third-order valence-corrected chi connectivity index (χ3v) is 5.82. The number of nitrogens with zero attached hydrogens (tertiary/aromatic N) is 3. The van der Waals surface area contributed by atoms with Gasteiger partial charge in [0.25, 0.3) is 0 Å². The van der Waals surface area contributed by atoms with E-state index in [2.05, 4.69) is 5.10 Å². The highest BCUT2D eigenvalue weighted by Crippen LogP contribution is 2.51. The molecule has 2 fully saturated rings. The molecule has 0 bridgehead atoms. The lowest BCUT2D eigenvalue weighted by Gasteiger charge is -2.36. The zero-order valence-electron chi connectivity index (χ0n) is 16.6. The Hall–Kier alpha value is -3.07. The van der Waals surface area contributed by atoms with Gasteiger partial charge < -0.3 is 14.7 Å². The van der Waals surface area contributed by atoms with E-state index in [0.717, 1.165) is 28.6 Å². The number of carbonyl (C=O) groups excluding carboxylic acids is 1. The lowest BCUT2D eigenvalue weighted by Crippen LogP contribution is -2.54. The second-order valence-electron chi connectivity index (χ2n) is 8.22. The largest absolute Gasteiger partial charge is 0.457 e. The van der Waals surface area contributed by atoms with E-state index in [4.69, 9.17) is 4.74 Å². The first-order valence-corrected chi connectivity index (χ1v) is 9.98. The minimum atomic E-state index is -4.40. The first-order valence-electron chi connectivity index (χ1n) is 9.98. The number of hydrogen-bond acceptors (Lipinski definition) is 4. The zero-order chi connectivity index (χ0) is 21.9. The number of aliphatic hydroxyl groups is 1. The Balaban J connectivity index is 1.41. The molecule has 1 saturated heterocycles. The van der Waals surface area contributed by atoms with Crippen molar-refractivity contribution in [1.29, 1.82) is 0 Å². The first-order chi connectivity index (χ1) is 14.7. The molecule has 9 heteroatoms. The van der Waals surface area contributed by atoms with Crippen LogP contribution in [0.5, 0.6) is 11.5 Å². The van der Waals surface area contributed by atoms with Gasteiger partial charge in [-0.15, -0.1) is 0 Å². The van der Waals surface area contributed by atoms with Crippen molar-refractivity contribution in [1.82, 2.24) is 14.7 Å². The van der Waals surface area contributed by atoms with Crippen LogP contribution in [0.3, 0.4) is 0 Å². The molecule has 2 aromatic carbocycles. The van der Waals surface area contributed by atoms with Crippen molar-refractivity contribution in [3.05, 3.63) is 53.7 Å². The maximum atomic E-state index is 12.8. The summed E-state index contributed by atoms with van der Waals surface area (Å²) in [6.07, 6.45) is -2.31. The number of likely N-dealkylation sites (tertiary alicyclic amines) is 1. The van der Waals surface area contributed by atoms with Gasteiger partial charge in [-0.25, -0.2) is 0 Å². The summed E-state index contributed by atoms with van der Waals surface area (Å²) in [5, 5.41) is 14.8. The Labute approximate surface area is 175 Å². The Kier molecular flexibility index (Phi) is 4.47. The molecule has 3 aromatic rings. The Morgan fingerprint density at radius 1 is 1.16 bits per heavy atom. The van der Waals surface area contributed by atoms with Gasteiger partial charge in [0.15, 0.2) is 0 Å². The number of rotatable bonds is 4. The molecule has 2 aliphatic rings. The van der Waals surface area contributed by atoms with Crippen molar-refractivity contribution in [3.63, 3.8) is 0 Å². The summed E-state index contributed by atoms with van der Waals surface area (Å²) in [5.41, 5.74) is 0.935. The Bertz CT molecular complexity index is 1150. The van der Waals surface area contributed by atoms with Gasteiger partial charge in [0, 0.05) is 37.6 Å². The molecule has 0 radical (unpaired) electrons. The molecule has 0 spiro atoms. The average molecular weight is 431 g/mol. The number of carbonyl (C=O) groups is 1. The van der Waals surface area contributed by atoms with Gasteiger partial charge in [0.1, 0.15) is 11.5 Å². The van der Waals surface area contributed by atoms with Crippen molar-refractivity contribution in [2.45, 2.75) is 24.6 Å². The van der Waals surface area contributed by atoms with Crippen LogP contribution < -0.4 is 4.74 Å². The standard InChI is InChI=1S/C22H20F3N3O3/c1-27-9-12-6-16(31-15-4-2-13(3-5-15)22(23,24)25)7-18(20(12)26-27)17-8-19(17)21(30)28-10-14(29)11-28/h2-7,9,14,17,19,29H,8,10-11H2,1H3/t17-,19+/m1/s1. The van der Waals surface area contributed by atoms with Crippen LogP contribution in [0.2, 0.25) is 0 Å². The highest BCUT2D eigenvalue weighted by atomic mass is 19.4. The number of benzene rings is 2. The maximum Gasteiger partial charge on any atom is 0.416 e. The molecule has 1 aliphatic carbocycles. The minimum absolute atomic E-state index is 0.00111. The molecular formula is C22H20F3N3O3. The summed E-state index contributed by atoms with van der Waals surface area (Å²) >= 11 is 0. The van der Waals surface area contributed by atoms with E-state index >= 15 is 0 Å². The molecule has 1 N–H and O–H groups in total. The molecule has 6 nitrogen and oxygen atoms in total. The predicted octanol–water partition coefficient (Wildman–Crippen LogP) is 3.69. The van der Waals surface area contributed by atoms with Gasteiger partial charge >= 0.3 is 6.18 Å². The molecule has 2 heterocycles. The SMILES string of the molecule is Cn1cc2cc(Oc3ccc(C(F)(F)F)cc3)cc([C@H]3C[C@@H]3C(=O)N3CC(O)C3)c2n1. The minimum Gasteiger partial charge on any atom is -0.457 e. The number of aryl methyl sites for hydroxylation is 1. The number of hydrogen-bond donors (Lipinski definition) is 1. The van der Waals surface area contributed by atoms with E-state index < -0.39 is 17.8 Å². The fourth-order valence-corrected chi connectivity index (χ4v) is 4.12. The van der Waals surface area contributed by atoms with Crippen LogP contribution in [0.1, 0.15) is 23.5 Å².